The summed E-state index contributed by atoms with van der Waals surface area (Å²) in [5.41, 5.74) is 3.27. The molecule has 7 heteroatoms. The third-order valence-electron chi connectivity index (χ3n) is 3.85. The van der Waals surface area contributed by atoms with E-state index in [-0.39, 0.29) is 5.91 Å². The molecule has 0 fully saturated rings. The molecule has 112 valence electrons. The number of hydrogen-bond acceptors (Lipinski definition) is 5. The lowest BCUT2D eigenvalue weighted by molar-refractivity contribution is 0.101. The Morgan fingerprint density at radius 1 is 1.32 bits per heavy atom. The molecule has 1 aliphatic heterocycles. The molecule has 4 rings (SSSR count). The summed E-state index contributed by atoms with van der Waals surface area (Å²) >= 11 is 1.49. The molecule has 1 aromatic carbocycles. The first kappa shape index (κ1) is 13.4. The van der Waals surface area contributed by atoms with Gasteiger partial charge in [-0.2, -0.15) is 0 Å². The second-order valence-corrected chi connectivity index (χ2v) is 6.60. The molecule has 0 saturated heterocycles. The zero-order chi connectivity index (χ0) is 15.3. The molecule has 1 aliphatic rings. The van der Waals surface area contributed by atoms with Gasteiger partial charge in [0, 0.05) is 13.0 Å². The van der Waals surface area contributed by atoms with Crippen molar-refractivity contribution in [1.29, 1.82) is 0 Å². The van der Waals surface area contributed by atoms with Crippen LogP contribution in [0.5, 0.6) is 0 Å². The number of aromatic nitrogens is 4. The summed E-state index contributed by atoms with van der Waals surface area (Å²) in [5.74, 6) is 1.02. The number of aryl methyl sites for hydroxylation is 3. The van der Waals surface area contributed by atoms with Gasteiger partial charge < -0.3 is 4.57 Å². The van der Waals surface area contributed by atoms with Crippen molar-refractivity contribution < 1.29 is 4.79 Å². The van der Waals surface area contributed by atoms with E-state index in [4.69, 9.17) is 0 Å². The number of thiazole rings is 1. The first-order valence-corrected chi connectivity index (χ1v) is 8.04. The molecule has 0 atom stereocenters. The highest BCUT2D eigenvalue weighted by Gasteiger charge is 2.23. The summed E-state index contributed by atoms with van der Waals surface area (Å²) in [6, 6.07) is 4.15. The zero-order valence-electron chi connectivity index (χ0n) is 12.4. The van der Waals surface area contributed by atoms with Crippen LogP contribution in [-0.2, 0) is 13.0 Å². The highest BCUT2D eigenvalue weighted by Crippen LogP contribution is 2.30. The van der Waals surface area contributed by atoms with E-state index in [1.165, 1.54) is 22.5 Å². The Labute approximate surface area is 131 Å². The van der Waals surface area contributed by atoms with Gasteiger partial charge in [0.15, 0.2) is 5.13 Å². The van der Waals surface area contributed by atoms with Gasteiger partial charge in [-0.25, -0.2) is 4.98 Å². The zero-order valence-corrected chi connectivity index (χ0v) is 13.2. The van der Waals surface area contributed by atoms with Crippen LogP contribution >= 0.6 is 11.3 Å². The SMILES string of the molecule is Cc1cc(C)c2sc(NC(=O)c3nnc4n3CCC4)nc2c1. The molecule has 0 radical (unpaired) electrons. The van der Waals surface area contributed by atoms with Crippen molar-refractivity contribution in [2.45, 2.75) is 33.2 Å². The molecule has 3 heterocycles. The van der Waals surface area contributed by atoms with Gasteiger partial charge in [0.2, 0.25) is 5.82 Å². The van der Waals surface area contributed by atoms with Gasteiger partial charge in [0.1, 0.15) is 5.82 Å². The van der Waals surface area contributed by atoms with Crippen LogP contribution in [0.1, 0.15) is 34.0 Å². The minimum absolute atomic E-state index is 0.242. The summed E-state index contributed by atoms with van der Waals surface area (Å²) in [4.78, 5) is 16.9. The number of fused-ring (bicyclic) bond motifs is 2. The van der Waals surface area contributed by atoms with Crippen molar-refractivity contribution in [3.05, 3.63) is 34.9 Å². The molecule has 1 N–H and O–H groups in total. The number of anilines is 1. The van der Waals surface area contributed by atoms with Crippen molar-refractivity contribution in [3.63, 3.8) is 0 Å². The lowest BCUT2D eigenvalue weighted by Gasteiger charge is -2.01. The summed E-state index contributed by atoms with van der Waals surface area (Å²) in [6.07, 6.45) is 1.91. The molecule has 0 bridgehead atoms. The molecule has 6 nitrogen and oxygen atoms in total. The largest absolute Gasteiger partial charge is 0.307 e. The number of benzene rings is 1. The van der Waals surface area contributed by atoms with Gasteiger partial charge >= 0.3 is 0 Å². The fourth-order valence-corrected chi connectivity index (χ4v) is 3.81. The van der Waals surface area contributed by atoms with Gasteiger partial charge in [-0.3, -0.25) is 10.1 Å². The standard InChI is InChI=1S/C15H15N5OS/c1-8-6-9(2)12-10(7-8)16-15(22-12)17-14(21)13-19-18-11-4-3-5-20(11)13/h6-7H,3-5H2,1-2H3,(H,16,17,21). The minimum Gasteiger partial charge on any atom is -0.307 e. The number of hydrogen-bond donors (Lipinski definition) is 1. The molecular weight excluding hydrogens is 298 g/mol. The predicted octanol–water partition coefficient (Wildman–Crippen LogP) is 2.70. The molecule has 22 heavy (non-hydrogen) atoms. The smallest absolute Gasteiger partial charge is 0.295 e. The first-order valence-electron chi connectivity index (χ1n) is 7.23. The molecule has 0 aliphatic carbocycles. The predicted molar refractivity (Wildman–Crippen MR) is 85.4 cm³/mol. The minimum atomic E-state index is -0.242. The van der Waals surface area contributed by atoms with Crippen LogP contribution in [0.25, 0.3) is 10.2 Å². The molecule has 1 amide bonds. The van der Waals surface area contributed by atoms with Gasteiger partial charge in [-0.05, 0) is 37.5 Å². The monoisotopic (exact) mass is 313 g/mol. The summed E-state index contributed by atoms with van der Waals surface area (Å²) in [5, 5.41) is 11.5. The Morgan fingerprint density at radius 2 is 2.18 bits per heavy atom. The van der Waals surface area contributed by atoms with E-state index in [9.17, 15) is 4.79 Å². The average Bonchev–Trinajstić information content (AvgIpc) is 3.11. The number of carbonyl (C=O) groups is 1. The summed E-state index contributed by atoms with van der Waals surface area (Å²) in [7, 11) is 0. The molecule has 0 unspecified atom stereocenters. The summed E-state index contributed by atoms with van der Waals surface area (Å²) in [6.45, 7) is 4.91. The number of carbonyl (C=O) groups excluding carboxylic acids is 1. The van der Waals surface area contributed by atoms with Crippen LogP contribution < -0.4 is 5.32 Å². The van der Waals surface area contributed by atoms with Crippen LogP contribution in [0.15, 0.2) is 12.1 Å². The van der Waals surface area contributed by atoms with Crippen molar-refractivity contribution >= 4 is 32.6 Å². The van der Waals surface area contributed by atoms with Crippen LogP contribution in [0.3, 0.4) is 0 Å². The Hall–Kier alpha value is -2.28. The van der Waals surface area contributed by atoms with E-state index in [1.54, 1.807) is 0 Å². The van der Waals surface area contributed by atoms with E-state index in [2.05, 4.69) is 33.5 Å². The van der Waals surface area contributed by atoms with E-state index >= 15 is 0 Å². The van der Waals surface area contributed by atoms with Crippen LogP contribution in [0, 0.1) is 13.8 Å². The normalized spacial score (nSPS) is 13.5. The third-order valence-corrected chi connectivity index (χ3v) is 4.98. The number of rotatable bonds is 2. The maximum Gasteiger partial charge on any atom is 0.295 e. The number of nitrogens with zero attached hydrogens (tertiary/aromatic N) is 4. The third kappa shape index (κ3) is 2.09. The van der Waals surface area contributed by atoms with Gasteiger partial charge in [-0.1, -0.05) is 17.4 Å². The molecule has 3 aromatic rings. The Balaban J connectivity index is 1.65. The second kappa shape index (κ2) is 4.88. The second-order valence-electron chi connectivity index (χ2n) is 5.60. The highest BCUT2D eigenvalue weighted by molar-refractivity contribution is 7.22. The van der Waals surface area contributed by atoms with Crippen molar-refractivity contribution in [3.8, 4) is 0 Å². The fraction of sp³-hybridized carbons (Fsp3) is 0.333. The van der Waals surface area contributed by atoms with Crippen LogP contribution in [-0.4, -0.2) is 25.7 Å². The Bertz CT molecular complexity index is 895. The summed E-state index contributed by atoms with van der Waals surface area (Å²) < 4.78 is 2.99. The van der Waals surface area contributed by atoms with Gasteiger partial charge in [0.05, 0.1) is 10.2 Å². The van der Waals surface area contributed by atoms with E-state index in [1.807, 2.05) is 17.6 Å². The molecule has 0 spiro atoms. The van der Waals surface area contributed by atoms with Crippen LogP contribution in [0.2, 0.25) is 0 Å². The average molecular weight is 313 g/mol. The lowest BCUT2D eigenvalue weighted by Crippen LogP contribution is -2.17. The van der Waals surface area contributed by atoms with Crippen molar-refractivity contribution in [2.24, 2.45) is 0 Å². The maximum absolute atomic E-state index is 12.4. The van der Waals surface area contributed by atoms with Gasteiger partial charge in [-0.15, -0.1) is 10.2 Å². The van der Waals surface area contributed by atoms with E-state index < -0.39 is 0 Å². The first-order chi connectivity index (χ1) is 10.6. The topological polar surface area (TPSA) is 72.7 Å². The quantitative estimate of drug-likeness (QED) is 0.789. The lowest BCUT2D eigenvalue weighted by atomic mass is 10.1. The molecular formula is C15H15N5OS. The molecule has 2 aromatic heterocycles. The van der Waals surface area contributed by atoms with Crippen LogP contribution in [0.4, 0.5) is 5.13 Å². The van der Waals surface area contributed by atoms with E-state index in [0.717, 1.165) is 35.4 Å². The van der Waals surface area contributed by atoms with Crippen molar-refractivity contribution in [2.75, 3.05) is 5.32 Å². The Morgan fingerprint density at radius 3 is 3.05 bits per heavy atom. The highest BCUT2D eigenvalue weighted by atomic mass is 32.1. The van der Waals surface area contributed by atoms with Gasteiger partial charge in [0.25, 0.3) is 5.91 Å². The number of nitrogens with one attached hydrogen (secondary N) is 1. The molecule has 0 saturated carbocycles. The Kier molecular flexibility index (Phi) is 2.97. The number of amides is 1. The fourth-order valence-electron chi connectivity index (χ4n) is 2.90. The van der Waals surface area contributed by atoms with E-state index in [0.29, 0.717) is 11.0 Å². The maximum atomic E-state index is 12.4. The van der Waals surface area contributed by atoms with Crippen molar-refractivity contribution in [1.82, 2.24) is 19.7 Å².